The van der Waals surface area contributed by atoms with Crippen LogP contribution >= 0.6 is 0 Å². The zero-order valence-corrected chi connectivity index (χ0v) is 15.8. The van der Waals surface area contributed by atoms with Crippen molar-refractivity contribution in [1.82, 2.24) is 4.90 Å². The summed E-state index contributed by atoms with van der Waals surface area (Å²) in [6.07, 6.45) is 0.441. The predicted octanol–water partition coefficient (Wildman–Crippen LogP) is 2.12. The fourth-order valence-electron chi connectivity index (χ4n) is 2.83. The van der Waals surface area contributed by atoms with Crippen molar-refractivity contribution < 1.29 is 14.0 Å². The SMILES string of the molecule is Cc1ccc(NC(=O)C2([Se]c3ccccc3)CCN(C)C2=O)c(F)c1. The van der Waals surface area contributed by atoms with E-state index in [1.165, 1.54) is 12.1 Å². The van der Waals surface area contributed by atoms with Crippen molar-refractivity contribution in [2.75, 3.05) is 18.9 Å². The van der Waals surface area contributed by atoms with E-state index in [1.807, 2.05) is 30.3 Å². The van der Waals surface area contributed by atoms with Crippen LogP contribution < -0.4 is 9.78 Å². The Hall–Kier alpha value is -2.17. The molecule has 1 saturated heterocycles. The number of carbonyl (C=O) groups excluding carboxylic acids is 2. The van der Waals surface area contributed by atoms with E-state index in [9.17, 15) is 14.0 Å². The van der Waals surface area contributed by atoms with Crippen LogP contribution in [0.4, 0.5) is 10.1 Å². The third-order valence-corrected chi connectivity index (χ3v) is 7.25. The molecule has 2 amide bonds. The Labute approximate surface area is 152 Å². The monoisotopic (exact) mass is 406 g/mol. The van der Waals surface area contributed by atoms with Gasteiger partial charge in [0.25, 0.3) is 0 Å². The molecule has 130 valence electrons. The average Bonchev–Trinajstić information content (AvgIpc) is 2.88. The number of hydrogen-bond acceptors (Lipinski definition) is 2. The van der Waals surface area contributed by atoms with Crippen molar-refractivity contribution in [2.24, 2.45) is 0 Å². The van der Waals surface area contributed by atoms with Gasteiger partial charge in [-0.1, -0.05) is 0 Å². The van der Waals surface area contributed by atoms with E-state index in [0.717, 1.165) is 10.0 Å². The minimum absolute atomic E-state index is 0.112. The summed E-state index contributed by atoms with van der Waals surface area (Å²) in [6.45, 7) is 2.31. The molecule has 0 aliphatic carbocycles. The third kappa shape index (κ3) is 3.46. The fraction of sp³-hybridized carbons (Fsp3) is 0.263. The summed E-state index contributed by atoms with van der Waals surface area (Å²) >= 11 is -0.388. The molecule has 1 unspecified atom stereocenters. The summed E-state index contributed by atoms with van der Waals surface area (Å²) in [6, 6.07) is 14.2. The summed E-state index contributed by atoms with van der Waals surface area (Å²) in [5, 5.41) is 2.65. The predicted molar refractivity (Wildman–Crippen MR) is 96.5 cm³/mol. The molecule has 2 aromatic carbocycles. The Morgan fingerprint density at radius 2 is 1.96 bits per heavy atom. The quantitative estimate of drug-likeness (QED) is 0.626. The number of amides is 2. The Kier molecular flexibility index (Phi) is 4.93. The van der Waals surface area contributed by atoms with Crippen LogP contribution in [0.25, 0.3) is 0 Å². The molecule has 2 aromatic rings. The number of hydrogen-bond donors (Lipinski definition) is 1. The standard InChI is InChI=1S/C19H19FN2O2Se/c1-13-8-9-16(15(20)12-13)21-17(23)19(10-11-22(2)18(19)24)25-14-6-4-3-5-7-14/h3-9,12H,10-11H2,1-2H3,(H,21,23). The molecule has 1 aliphatic rings. The van der Waals surface area contributed by atoms with Gasteiger partial charge in [-0.05, 0) is 0 Å². The summed E-state index contributed by atoms with van der Waals surface area (Å²) in [4.78, 5) is 27.4. The molecule has 4 nitrogen and oxygen atoms in total. The van der Waals surface area contributed by atoms with E-state index >= 15 is 0 Å². The van der Waals surface area contributed by atoms with Gasteiger partial charge in [0.1, 0.15) is 0 Å². The molecular weight excluding hydrogens is 386 g/mol. The molecule has 1 N–H and O–H groups in total. The first-order valence-corrected chi connectivity index (χ1v) is 9.71. The number of carbonyl (C=O) groups is 2. The van der Waals surface area contributed by atoms with Crippen LogP contribution in [0.3, 0.4) is 0 Å². The summed E-state index contributed by atoms with van der Waals surface area (Å²) < 4.78 is 14.0. The van der Waals surface area contributed by atoms with Gasteiger partial charge in [0.2, 0.25) is 0 Å². The number of aryl methyl sites for hydroxylation is 1. The van der Waals surface area contributed by atoms with Gasteiger partial charge in [-0.2, -0.15) is 0 Å². The second-order valence-electron chi connectivity index (χ2n) is 6.16. The first-order chi connectivity index (χ1) is 11.9. The molecule has 6 heteroatoms. The second-order valence-corrected chi connectivity index (χ2v) is 9.04. The van der Waals surface area contributed by atoms with E-state index in [2.05, 4.69) is 5.32 Å². The maximum atomic E-state index is 14.1. The van der Waals surface area contributed by atoms with E-state index in [4.69, 9.17) is 0 Å². The minimum atomic E-state index is -1.14. The van der Waals surface area contributed by atoms with E-state index < -0.39 is 16.0 Å². The topological polar surface area (TPSA) is 49.4 Å². The van der Waals surface area contributed by atoms with Gasteiger partial charge >= 0.3 is 152 Å². The number of nitrogens with one attached hydrogen (secondary N) is 1. The number of anilines is 1. The van der Waals surface area contributed by atoms with Gasteiger partial charge in [0.05, 0.1) is 0 Å². The molecule has 0 bridgehead atoms. The van der Waals surface area contributed by atoms with Crippen LogP contribution in [0.2, 0.25) is 4.31 Å². The van der Waals surface area contributed by atoms with E-state index in [0.29, 0.717) is 13.0 Å². The number of halogens is 1. The first kappa shape index (κ1) is 17.6. The first-order valence-electron chi connectivity index (χ1n) is 7.99. The molecule has 1 atom stereocenters. The molecule has 0 aromatic heterocycles. The molecule has 3 rings (SSSR count). The number of benzene rings is 2. The summed E-state index contributed by atoms with van der Waals surface area (Å²) in [7, 11) is 1.70. The fourth-order valence-corrected chi connectivity index (χ4v) is 5.50. The molecular formula is C19H19FN2O2Se. The van der Waals surface area contributed by atoms with Gasteiger partial charge in [0.15, 0.2) is 0 Å². The van der Waals surface area contributed by atoms with Gasteiger partial charge in [-0.15, -0.1) is 0 Å². The third-order valence-electron chi connectivity index (χ3n) is 4.27. The molecule has 0 saturated carbocycles. The molecule has 1 heterocycles. The van der Waals surface area contributed by atoms with Crippen LogP contribution in [0.5, 0.6) is 0 Å². The number of nitrogens with zero attached hydrogens (tertiary/aromatic N) is 1. The maximum absolute atomic E-state index is 14.1. The zero-order chi connectivity index (χ0) is 18.0. The van der Waals surface area contributed by atoms with Crippen molar-refractivity contribution in [3.05, 3.63) is 59.9 Å². The van der Waals surface area contributed by atoms with Crippen LogP contribution in [0.1, 0.15) is 12.0 Å². The van der Waals surface area contributed by atoms with Crippen molar-refractivity contribution in [3.63, 3.8) is 0 Å². The van der Waals surface area contributed by atoms with Crippen LogP contribution in [0, 0.1) is 12.7 Å². The van der Waals surface area contributed by atoms with E-state index in [1.54, 1.807) is 24.9 Å². The molecule has 1 aliphatic heterocycles. The molecule has 1 fully saturated rings. The average molecular weight is 405 g/mol. The van der Waals surface area contributed by atoms with Crippen molar-refractivity contribution in [1.29, 1.82) is 0 Å². The van der Waals surface area contributed by atoms with E-state index in [-0.39, 0.29) is 26.6 Å². The van der Waals surface area contributed by atoms with Crippen LogP contribution in [-0.2, 0) is 9.59 Å². The van der Waals surface area contributed by atoms with Gasteiger partial charge in [-0.25, -0.2) is 0 Å². The normalized spacial score (nSPS) is 20.0. The van der Waals surface area contributed by atoms with Crippen molar-refractivity contribution in [2.45, 2.75) is 17.7 Å². The number of likely N-dealkylation sites (tertiary alicyclic amines) is 1. The van der Waals surface area contributed by atoms with Gasteiger partial charge in [0, 0.05) is 0 Å². The Morgan fingerprint density at radius 3 is 2.56 bits per heavy atom. The summed E-state index contributed by atoms with van der Waals surface area (Å²) in [5.74, 6) is -1.11. The number of rotatable bonds is 4. The second kappa shape index (κ2) is 6.98. The van der Waals surface area contributed by atoms with Crippen molar-refractivity contribution in [3.8, 4) is 0 Å². The molecule has 0 radical (unpaired) electrons. The van der Waals surface area contributed by atoms with Gasteiger partial charge in [-0.3, -0.25) is 0 Å². The molecule has 0 spiro atoms. The summed E-state index contributed by atoms with van der Waals surface area (Å²) in [5.41, 5.74) is 0.886. The van der Waals surface area contributed by atoms with Gasteiger partial charge < -0.3 is 0 Å². The Balaban J connectivity index is 1.92. The molecule has 25 heavy (non-hydrogen) atoms. The zero-order valence-electron chi connectivity index (χ0n) is 14.1. The Morgan fingerprint density at radius 1 is 1.24 bits per heavy atom. The van der Waals surface area contributed by atoms with Crippen LogP contribution in [-0.4, -0.2) is 45.3 Å². The van der Waals surface area contributed by atoms with Crippen molar-refractivity contribution >= 4 is 36.9 Å². The van der Waals surface area contributed by atoms with Crippen LogP contribution in [0.15, 0.2) is 48.5 Å². The Bertz CT molecular complexity index is 812.